The van der Waals surface area contributed by atoms with Gasteiger partial charge < -0.3 is 14.5 Å². The highest BCUT2D eigenvalue weighted by Gasteiger charge is 2.53. The first-order valence-electron chi connectivity index (χ1n) is 10.5. The molecule has 32 heavy (non-hydrogen) atoms. The SMILES string of the molecule is COC(=O)CN1C(=O)C2(CCN(C(=O)c3cnc4[nH]ncc4c3)CC2)c2c(C)cccc21. The number of carbonyl (C=O) groups excluding carboxylic acids is 3. The van der Waals surface area contributed by atoms with Crippen LogP contribution in [0.25, 0.3) is 11.0 Å². The van der Waals surface area contributed by atoms with E-state index in [9.17, 15) is 14.4 Å². The second kappa shape index (κ2) is 7.44. The van der Waals surface area contributed by atoms with Gasteiger partial charge in [-0.3, -0.25) is 19.5 Å². The number of esters is 1. The summed E-state index contributed by atoms with van der Waals surface area (Å²) in [6.45, 7) is 2.74. The first-order valence-corrected chi connectivity index (χ1v) is 10.5. The van der Waals surface area contributed by atoms with Crippen molar-refractivity contribution in [2.45, 2.75) is 25.2 Å². The molecule has 3 aromatic rings. The van der Waals surface area contributed by atoms with Crippen LogP contribution < -0.4 is 4.90 Å². The standard InChI is InChI=1S/C23H23N5O4/c1-14-4-3-5-17-19(14)23(22(31)28(17)13-18(29)32-2)6-8-27(9-7-23)21(30)16-10-15-12-25-26-20(15)24-11-16/h3-5,10-12H,6-9,13H2,1-2H3,(H,24,25,26). The minimum absolute atomic E-state index is 0.0965. The van der Waals surface area contributed by atoms with E-state index in [-0.39, 0.29) is 18.4 Å². The van der Waals surface area contributed by atoms with Crippen LogP contribution in [-0.4, -0.2) is 64.6 Å². The van der Waals surface area contributed by atoms with Crippen LogP contribution in [0.1, 0.15) is 34.3 Å². The number of carbonyl (C=O) groups is 3. The van der Waals surface area contributed by atoms with Crippen LogP contribution in [0.2, 0.25) is 0 Å². The number of hydrogen-bond acceptors (Lipinski definition) is 6. The lowest BCUT2D eigenvalue weighted by atomic mass is 9.72. The molecule has 1 fully saturated rings. The molecule has 0 bridgehead atoms. The zero-order valence-corrected chi connectivity index (χ0v) is 17.9. The Hall–Kier alpha value is -3.75. The molecule has 0 saturated carbocycles. The van der Waals surface area contributed by atoms with Crippen molar-refractivity contribution in [3.05, 3.63) is 53.3 Å². The molecule has 1 N–H and O–H groups in total. The van der Waals surface area contributed by atoms with Crippen molar-refractivity contribution in [3.63, 3.8) is 0 Å². The number of anilines is 1. The van der Waals surface area contributed by atoms with E-state index < -0.39 is 11.4 Å². The lowest BCUT2D eigenvalue weighted by molar-refractivity contribution is -0.140. The van der Waals surface area contributed by atoms with Crippen molar-refractivity contribution in [1.29, 1.82) is 0 Å². The molecule has 9 heteroatoms. The smallest absolute Gasteiger partial charge is 0.325 e. The van der Waals surface area contributed by atoms with Crippen molar-refractivity contribution in [3.8, 4) is 0 Å². The summed E-state index contributed by atoms with van der Waals surface area (Å²) in [5.74, 6) is -0.671. The maximum Gasteiger partial charge on any atom is 0.325 e. The Kier molecular flexibility index (Phi) is 4.69. The zero-order valence-electron chi connectivity index (χ0n) is 17.9. The molecule has 0 atom stereocenters. The van der Waals surface area contributed by atoms with Gasteiger partial charge in [-0.15, -0.1) is 0 Å². The van der Waals surface area contributed by atoms with E-state index in [1.54, 1.807) is 23.4 Å². The minimum atomic E-state index is -0.738. The molecule has 1 aromatic carbocycles. The molecule has 2 aromatic heterocycles. The Labute approximate surface area is 184 Å². The van der Waals surface area contributed by atoms with Gasteiger partial charge in [0, 0.05) is 30.4 Å². The largest absolute Gasteiger partial charge is 0.468 e. The average molecular weight is 433 g/mol. The summed E-state index contributed by atoms with van der Waals surface area (Å²) < 4.78 is 4.81. The highest BCUT2D eigenvalue weighted by molar-refractivity contribution is 6.11. The third-order valence-electron chi connectivity index (χ3n) is 6.63. The molecule has 5 rings (SSSR count). The first kappa shape index (κ1) is 20.2. The number of amides is 2. The number of ether oxygens (including phenoxy) is 1. The number of hydrogen-bond donors (Lipinski definition) is 1. The Morgan fingerprint density at radius 2 is 2.00 bits per heavy atom. The monoisotopic (exact) mass is 433 g/mol. The van der Waals surface area contributed by atoms with E-state index in [2.05, 4.69) is 15.2 Å². The molecular formula is C23H23N5O4. The number of likely N-dealkylation sites (tertiary alicyclic amines) is 1. The van der Waals surface area contributed by atoms with Gasteiger partial charge >= 0.3 is 5.97 Å². The Morgan fingerprint density at radius 1 is 1.22 bits per heavy atom. The molecule has 0 aliphatic carbocycles. The number of H-pyrrole nitrogens is 1. The van der Waals surface area contributed by atoms with E-state index in [1.807, 2.05) is 25.1 Å². The Morgan fingerprint density at radius 3 is 2.75 bits per heavy atom. The topological polar surface area (TPSA) is 108 Å². The van der Waals surface area contributed by atoms with Gasteiger partial charge in [-0.05, 0) is 43.0 Å². The summed E-state index contributed by atoms with van der Waals surface area (Å²) in [5.41, 5.74) is 3.12. The summed E-state index contributed by atoms with van der Waals surface area (Å²) in [4.78, 5) is 46.2. The van der Waals surface area contributed by atoms with Crippen LogP contribution in [0, 0.1) is 6.92 Å². The summed E-state index contributed by atoms with van der Waals surface area (Å²) >= 11 is 0. The lowest BCUT2D eigenvalue weighted by Gasteiger charge is -2.39. The molecule has 2 amide bonds. The fourth-order valence-corrected chi connectivity index (χ4v) is 5.02. The van der Waals surface area contributed by atoms with Gasteiger partial charge in [-0.1, -0.05) is 12.1 Å². The third kappa shape index (κ3) is 2.96. The number of benzene rings is 1. The van der Waals surface area contributed by atoms with Gasteiger partial charge in [0.2, 0.25) is 5.91 Å². The number of pyridine rings is 1. The maximum atomic E-state index is 13.6. The number of aryl methyl sites for hydroxylation is 1. The molecule has 4 heterocycles. The number of aromatic nitrogens is 3. The van der Waals surface area contributed by atoms with E-state index in [0.717, 1.165) is 22.2 Å². The van der Waals surface area contributed by atoms with E-state index in [0.29, 0.717) is 37.1 Å². The summed E-state index contributed by atoms with van der Waals surface area (Å²) in [7, 11) is 1.32. The van der Waals surface area contributed by atoms with Gasteiger partial charge in [0.05, 0.1) is 24.3 Å². The fraction of sp³-hybridized carbons (Fsp3) is 0.348. The number of fused-ring (bicyclic) bond motifs is 3. The zero-order chi connectivity index (χ0) is 22.5. The minimum Gasteiger partial charge on any atom is -0.468 e. The number of nitrogens with one attached hydrogen (secondary N) is 1. The van der Waals surface area contributed by atoms with Crippen LogP contribution >= 0.6 is 0 Å². The predicted molar refractivity (Wildman–Crippen MR) is 116 cm³/mol. The number of methoxy groups -OCH3 is 1. The fourth-order valence-electron chi connectivity index (χ4n) is 5.02. The van der Waals surface area contributed by atoms with E-state index in [4.69, 9.17) is 4.74 Å². The van der Waals surface area contributed by atoms with Crippen molar-refractivity contribution in [2.24, 2.45) is 0 Å². The highest BCUT2D eigenvalue weighted by Crippen LogP contribution is 2.49. The Balaban J connectivity index is 1.42. The van der Waals surface area contributed by atoms with Crippen LogP contribution in [0.3, 0.4) is 0 Å². The van der Waals surface area contributed by atoms with E-state index >= 15 is 0 Å². The van der Waals surface area contributed by atoms with Crippen molar-refractivity contribution in [2.75, 3.05) is 31.6 Å². The normalized spacial score (nSPS) is 17.1. The van der Waals surface area contributed by atoms with Gasteiger partial charge in [0.1, 0.15) is 6.54 Å². The Bertz CT molecular complexity index is 1240. The van der Waals surface area contributed by atoms with Crippen LogP contribution in [0.5, 0.6) is 0 Å². The molecule has 0 radical (unpaired) electrons. The number of piperidine rings is 1. The molecular weight excluding hydrogens is 410 g/mol. The van der Waals surface area contributed by atoms with Gasteiger partial charge in [0.15, 0.2) is 5.65 Å². The summed E-state index contributed by atoms with van der Waals surface area (Å²) in [6, 6.07) is 7.53. The van der Waals surface area contributed by atoms with Crippen LogP contribution in [-0.2, 0) is 19.7 Å². The van der Waals surface area contributed by atoms with Crippen molar-refractivity contribution >= 4 is 34.5 Å². The highest BCUT2D eigenvalue weighted by atomic mass is 16.5. The summed E-state index contributed by atoms with van der Waals surface area (Å²) in [5, 5.41) is 7.50. The molecule has 2 aliphatic heterocycles. The molecule has 164 valence electrons. The van der Waals surface area contributed by atoms with Crippen molar-refractivity contribution < 1.29 is 19.1 Å². The third-order valence-corrected chi connectivity index (χ3v) is 6.63. The molecule has 0 unspecified atom stereocenters. The molecule has 9 nitrogen and oxygen atoms in total. The molecule has 1 spiro atoms. The predicted octanol–water partition coefficient (Wildman–Crippen LogP) is 1.96. The average Bonchev–Trinajstić information content (AvgIpc) is 3.37. The van der Waals surface area contributed by atoms with Crippen LogP contribution in [0.15, 0.2) is 36.7 Å². The summed E-state index contributed by atoms with van der Waals surface area (Å²) in [6.07, 6.45) is 4.17. The van der Waals surface area contributed by atoms with Crippen molar-refractivity contribution in [1.82, 2.24) is 20.1 Å². The van der Waals surface area contributed by atoms with Gasteiger partial charge in [0.25, 0.3) is 5.91 Å². The quantitative estimate of drug-likeness (QED) is 0.633. The van der Waals surface area contributed by atoms with Gasteiger partial charge in [-0.25, -0.2) is 4.98 Å². The molecule has 1 saturated heterocycles. The number of nitrogens with zero attached hydrogens (tertiary/aromatic N) is 4. The number of aromatic amines is 1. The molecule has 2 aliphatic rings. The lowest BCUT2D eigenvalue weighted by Crippen LogP contribution is -2.51. The second-order valence-electron chi connectivity index (χ2n) is 8.34. The van der Waals surface area contributed by atoms with Crippen LogP contribution in [0.4, 0.5) is 5.69 Å². The maximum absolute atomic E-state index is 13.6. The number of rotatable bonds is 3. The van der Waals surface area contributed by atoms with E-state index in [1.165, 1.54) is 12.0 Å². The van der Waals surface area contributed by atoms with Gasteiger partial charge in [-0.2, -0.15) is 5.10 Å². The first-order chi connectivity index (χ1) is 15.4. The second-order valence-corrected chi connectivity index (χ2v) is 8.34.